The van der Waals surface area contributed by atoms with Crippen molar-refractivity contribution in [1.29, 1.82) is 0 Å². The Hall–Kier alpha value is -2.51. The molecule has 5 nitrogen and oxygen atoms in total. The van der Waals surface area contributed by atoms with E-state index >= 15 is 0 Å². The van der Waals surface area contributed by atoms with Crippen LogP contribution in [0.25, 0.3) is 22.2 Å². The maximum Gasteiger partial charge on any atom is 0.303 e. The molecule has 0 amide bonds. The van der Waals surface area contributed by atoms with E-state index < -0.39 is 29.0 Å². The quantitative estimate of drug-likeness (QED) is 0.565. The highest BCUT2D eigenvalue weighted by Gasteiger charge is 2.22. The van der Waals surface area contributed by atoms with Crippen molar-refractivity contribution >= 4 is 28.5 Å². The van der Waals surface area contributed by atoms with Gasteiger partial charge < -0.3 is 15.8 Å². The van der Waals surface area contributed by atoms with Crippen LogP contribution in [0.2, 0.25) is 0 Å². The van der Waals surface area contributed by atoms with Gasteiger partial charge in [-0.3, -0.25) is 4.79 Å². The third kappa shape index (κ3) is 3.54. The van der Waals surface area contributed by atoms with Gasteiger partial charge in [0.2, 0.25) is 0 Å². The minimum Gasteiger partial charge on any atom is -0.481 e. The minimum atomic E-state index is -0.989. The number of pyridine rings is 1. The van der Waals surface area contributed by atoms with E-state index in [1.54, 1.807) is 18.3 Å². The van der Waals surface area contributed by atoms with Gasteiger partial charge in [0.05, 0.1) is 22.6 Å². The van der Waals surface area contributed by atoms with E-state index in [0.717, 1.165) is 6.07 Å². The Kier molecular flexibility index (Phi) is 5.20. The molecule has 0 aliphatic rings. The molecule has 0 fully saturated rings. The van der Waals surface area contributed by atoms with Gasteiger partial charge in [0, 0.05) is 23.6 Å². The van der Waals surface area contributed by atoms with Gasteiger partial charge in [-0.2, -0.15) is 0 Å². The number of nitrogens with zero attached hydrogens (tertiary/aromatic N) is 1. The fraction of sp³-hybridized carbons (Fsp3) is 0.222. The van der Waals surface area contributed by atoms with Crippen LogP contribution in [0.3, 0.4) is 0 Å². The maximum atomic E-state index is 14.7. The third-order valence-electron chi connectivity index (χ3n) is 4.15. The molecule has 2 atom stereocenters. The summed E-state index contributed by atoms with van der Waals surface area (Å²) in [7, 11) is 0. The maximum absolute atomic E-state index is 14.7. The number of hydrogen-bond donors (Lipinski definition) is 3. The molecule has 0 aliphatic carbocycles. The number of aromatic amines is 1. The Labute approximate surface area is 152 Å². The van der Waals surface area contributed by atoms with E-state index in [2.05, 4.69) is 9.97 Å². The summed E-state index contributed by atoms with van der Waals surface area (Å²) in [5, 5.41) is 8.69. The van der Waals surface area contributed by atoms with Gasteiger partial charge in [-0.1, -0.05) is 6.07 Å². The van der Waals surface area contributed by atoms with Gasteiger partial charge in [-0.05, 0) is 30.7 Å². The minimum absolute atomic E-state index is 0.00292. The van der Waals surface area contributed by atoms with Gasteiger partial charge in [-0.15, -0.1) is 11.6 Å². The molecule has 0 spiro atoms. The number of carboxylic acid groups (broad SMARTS) is 1. The van der Waals surface area contributed by atoms with Crippen LogP contribution in [0.1, 0.15) is 24.6 Å². The van der Waals surface area contributed by atoms with Crippen LogP contribution in [0, 0.1) is 11.6 Å². The molecule has 2 heterocycles. The summed E-state index contributed by atoms with van der Waals surface area (Å²) in [6, 6.07) is 6.53. The Morgan fingerprint density at radius 3 is 2.77 bits per heavy atom. The third-order valence-corrected chi connectivity index (χ3v) is 4.64. The zero-order chi connectivity index (χ0) is 18.8. The molecule has 0 aliphatic heterocycles. The van der Waals surface area contributed by atoms with E-state index in [1.165, 1.54) is 12.1 Å². The molecule has 4 N–H and O–H groups in total. The molecular formula is C18H16ClF2N3O2. The average molecular weight is 380 g/mol. The molecular weight excluding hydrogens is 364 g/mol. The first kappa shape index (κ1) is 18.3. The van der Waals surface area contributed by atoms with Gasteiger partial charge in [-0.25, -0.2) is 13.8 Å². The summed E-state index contributed by atoms with van der Waals surface area (Å²) >= 11 is 6.14. The molecule has 26 heavy (non-hydrogen) atoms. The SMILES string of the molecule is NC(c1ccc(F)c(-c2ccc3cc[nH]c3c2F)n1)C(Cl)CCC(=O)O. The smallest absolute Gasteiger partial charge is 0.303 e. The molecule has 2 unspecified atom stereocenters. The molecule has 0 saturated heterocycles. The second kappa shape index (κ2) is 7.39. The van der Waals surface area contributed by atoms with Crippen LogP contribution in [0.4, 0.5) is 8.78 Å². The summed E-state index contributed by atoms with van der Waals surface area (Å²) < 4.78 is 29.0. The number of H-pyrrole nitrogens is 1. The number of halogens is 3. The van der Waals surface area contributed by atoms with E-state index in [-0.39, 0.29) is 35.3 Å². The van der Waals surface area contributed by atoms with E-state index in [1.807, 2.05) is 0 Å². The van der Waals surface area contributed by atoms with Gasteiger partial charge >= 0.3 is 5.97 Å². The van der Waals surface area contributed by atoms with Crippen molar-refractivity contribution in [3.63, 3.8) is 0 Å². The number of aliphatic carboxylic acids is 1. The highest BCUT2D eigenvalue weighted by Crippen LogP contribution is 2.30. The van der Waals surface area contributed by atoms with E-state index in [9.17, 15) is 13.6 Å². The Balaban J connectivity index is 1.96. The number of fused-ring (bicyclic) bond motifs is 1. The highest BCUT2D eigenvalue weighted by molar-refractivity contribution is 6.21. The zero-order valence-electron chi connectivity index (χ0n) is 13.5. The number of benzene rings is 1. The van der Waals surface area contributed by atoms with Crippen molar-refractivity contribution < 1.29 is 18.7 Å². The highest BCUT2D eigenvalue weighted by atomic mass is 35.5. The average Bonchev–Trinajstić information content (AvgIpc) is 3.10. The second-order valence-electron chi connectivity index (χ2n) is 5.91. The lowest BCUT2D eigenvalue weighted by Crippen LogP contribution is -2.24. The Morgan fingerprint density at radius 1 is 1.27 bits per heavy atom. The molecule has 3 rings (SSSR count). The summed E-state index contributed by atoms with van der Waals surface area (Å²) in [6.45, 7) is 0. The first-order chi connectivity index (χ1) is 12.4. The molecule has 2 aromatic heterocycles. The lowest BCUT2D eigenvalue weighted by molar-refractivity contribution is -0.137. The van der Waals surface area contributed by atoms with Crippen LogP contribution in [-0.2, 0) is 4.79 Å². The number of alkyl halides is 1. The summed E-state index contributed by atoms with van der Waals surface area (Å²) in [4.78, 5) is 17.6. The van der Waals surface area contributed by atoms with Crippen LogP contribution in [0.15, 0.2) is 36.5 Å². The van der Waals surface area contributed by atoms with Gasteiger partial charge in [0.1, 0.15) is 11.5 Å². The Bertz CT molecular complexity index is 961. The number of carbonyl (C=O) groups is 1. The number of nitrogens with one attached hydrogen (secondary N) is 1. The summed E-state index contributed by atoms with van der Waals surface area (Å²) in [5.74, 6) is -2.29. The first-order valence-corrected chi connectivity index (χ1v) is 8.36. The second-order valence-corrected chi connectivity index (χ2v) is 6.47. The van der Waals surface area contributed by atoms with Crippen molar-refractivity contribution in [1.82, 2.24) is 9.97 Å². The standard InChI is InChI=1S/C18H16ClF2N3O2/c19-11(3-6-14(25)26)16(22)13-5-4-12(20)18(24-13)10-2-1-9-7-8-23-17(9)15(10)21/h1-2,4-5,7-8,11,16,23H,3,6,22H2,(H,25,26). The molecule has 1 aromatic carbocycles. The molecule has 3 aromatic rings. The van der Waals surface area contributed by atoms with Crippen molar-refractivity contribution in [3.8, 4) is 11.3 Å². The largest absolute Gasteiger partial charge is 0.481 e. The predicted molar refractivity (Wildman–Crippen MR) is 94.9 cm³/mol. The molecule has 136 valence electrons. The van der Waals surface area contributed by atoms with Crippen LogP contribution in [-0.4, -0.2) is 26.4 Å². The van der Waals surface area contributed by atoms with Crippen molar-refractivity contribution in [2.24, 2.45) is 5.73 Å². The first-order valence-electron chi connectivity index (χ1n) is 7.92. The number of carboxylic acids is 1. The molecule has 0 radical (unpaired) electrons. The molecule has 0 bridgehead atoms. The summed E-state index contributed by atoms with van der Waals surface area (Å²) in [5.41, 5.74) is 6.38. The van der Waals surface area contributed by atoms with Gasteiger partial charge in [0.25, 0.3) is 0 Å². The molecule has 8 heteroatoms. The van der Waals surface area contributed by atoms with Crippen molar-refractivity contribution in [3.05, 3.63) is 53.9 Å². The normalized spacial score (nSPS) is 13.7. The van der Waals surface area contributed by atoms with E-state index in [4.69, 9.17) is 22.4 Å². The van der Waals surface area contributed by atoms with Gasteiger partial charge in [0.15, 0.2) is 5.82 Å². The monoisotopic (exact) mass is 379 g/mol. The topological polar surface area (TPSA) is 92.0 Å². The fourth-order valence-corrected chi connectivity index (χ4v) is 2.97. The summed E-state index contributed by atoms with van der Waals surface area (Å²) in [6.07, 6.45) is 1.58. The lowest BCUT2D eigenvalue weighted by atomic mass is 10.0. The van der Waals surface area contributed by atoms with E-state index in [0.29, 0.717) is 5.39 Å². The van der Waals surface area contributed by atoms with Crippen molar-refractivity contribution in [2.45, 2.75) is 24.3 Å². The number of nitrogens with two attached hydrogens (primary N) is 1. The number of hydrogen-bond acceptors (Lipinski definition) is 3. The number of aromatic nitrogens is 2. The zero-order valence-corrected chi connectivity index (χ0v) is 14.3. The van der Waals surface area contributed by atoms with Crippen molar-refractivity contribution in [2.75, 3.05) is 0 Å². The van der Waals surface area contributed by atoms with Crippen LogP contribution < -0.4 is 5.73 Å². The lowest BCUT2D eigenvalue weighted by Gasteiger charge is -2.18. The van der Waals surface area contributed by atoms with Crippen LogP contribution >= 0.6 is 11.6 Å². The number of rotatable bonds is 6. The fourth-order valence-electron chi connectivity index (χ4n) is 2.73. The van der Waals surface area contributed by atoms with Crippen LogP contribution in [0.5, 0.6) is 0 Å². The molecule has 0 saturated carbocycles. The predicted octanol–water partition coefficient (Wildman–Crippen LogP) is 3.98. The Morgan fingerprint density at radius 2 is 2.04 bits per heavy atom.